The number of morpholine rings is 1. The minimum atomic E-state index is -2.66. The maximum atomic E-state index is 18.2. The van der Waals surface area contributed by atoms with Crippen molar-refractivity contribution in [1.82, 2.24) is 24.8 Å². The monoisotopic (exact) mass is 936 g/mol. The number of aromatic nitrogens is 3. The van der Waals surface area contributed by atoms with Gasteiger partial charge in [0, 0.05) is 70.4 Å². The van der Waals surface area contributed by atoms with E-state index in [1.807, 2.05) is 0 Å². The van der Waals surface area contributed by atoms with Gasteiger partial charge in [-0.15, -0.1) is 11.3 Å². The number of halogens is 2. The lowest BCUT2D eigenvalue weighted by molar-refractivity contribution is 0.0231. The molecule has 5 aliphatic rings. The Balaban J connectivity index is 1.17. The van der Waals surface area contributed by atoms with Gasteiger partial charge < -0.3 is 28.3 Å². The lowest BCUT2D eigenvalue weighted by Crippen LogP contribution is -2.56. The predicted octanol–water partition coefficient (Wildman–Crippen LogP) is 8.99. The highest BCUT2D eigenvalue weighted by atomic mass is 32.1. The summed E-state index contributed by atoms with van der Waals surface area (Å²) in [6.07, 6.45) is 2.08. The number of hydrogen-bond donors (Lipinski definition) is 1. The van der Waals surface area contributed by atoms with Gasteiger partial charge in [0.15, 0.2) is 20.0 Å². The number of ether oxygens (including phenoxy) is 4. The van der Waals surface area contributed by atoms with Crippen LogP contribution in [0.25, 0.3) is 32.2 Å². The van der Waals surface area contributed by atoms with Crippen LogP contribution < -0.4 is 15.0 Å². The molecule has 1 amide bonds. The Bertz CT molecular complexity index is 2720. The molecule has 9 rings (SSSR count). The summed E-state index contributed by atoms with van der Waals surface area (Å²) in [5, 5.41) is 13.5. The number of fused-ring (bicyclic) bond motifs is 6. The van der Waals surface area contributed by atoms with Gasteiger partial charge in [0.2, 0.25) is 0 Å². The van der Waals surface area contributed by atoms with Gasteiger partial charge in [-0.3, -0.25) is 20.1 Å². The van der Waals surface area contributed by atoms with E-state index in [2.05, 4.69) is 71.9 Å². The van der Waals surface area contributed by atoms with Crippen LogP contribution in [0.1, 0.15) is 96.3 Å². The lowest BCUT2D eigenvalue weighted by atomic mass is 9.93. The van der Waals surface area contributed by atoms with Crippen molar-refractivity contribution in [2.24, 2.45) is 5.41 Å². The molecule has 3 atom stereocenters. The van der Waals surface area contributed by atoms with E-state index in [1.54, 1.807) is 25.7 Å². The predicted molar refractivity (Wildman–Crippen MR) is 249 cm³/mol. The van der Waals surface area contributed by atoms with E-state index in [0.29, 0.717) is 48.6 Å². The van der Waals surface area contributed by atoms with Crippen molar-refractivity contribution in [2.75, 3.05) is 69.2 Å². The van der Waals surface area contributed by atoms with Crippen LogP contribution in [0.3, 0.4) is 0 Å². The van der Waals surface area contributed by atoms with Crippen molar-refractivity contribution in [3.8, 4) is 23.3 Å². The number of carbonyl (C=O) groups excluding carboxylic acids is 1. The number of nitriles is 1. The molecule has 1 aromatic carbocycles. The zero-order valence-electron chi connectivity index (χ0n) is 42.7. The fourth-order valence-corrected chi connectivity index (χ4v) is 11.8. The van der Waals surface area contributed by atoms with Crippen LogP contribution >= 0.6 is 11.3 Å². The van der Waals surface area contributed by atoms with Crippen LogP contribution in [-0.2, 0) is 31.9 Å². The number of pyridine rings is 1. The largest absolute Gasteiger partial charge is 0.463 e. The Morgan fingerprint density at radius 3 is 2.40 bits per heavy atom. The standard InChI is InChI=1S/C47H62F2N8O6SSi/c1-27(63-65(8,9)46(5,6)7)20-56-21-28-10-11-29(22-56)57(28)41-36-32-24-60-23-31(32)34(37(49)39(36)52-43(53-41)61-26-47(12-13-47)25-55-14-16-59-17-15-55)38-35-30(18-50)42(54-44(58)62-45(2,3)4)64-40(35)33(48)19-51-38/h19,27-29H,10-17,20-26H2,1-9H3,(H,54,58)/t27-,28?,29?/m1/s1/i25D2,26D2. The Morgan fingerprint density at radius 2 is 1.75 bits per heavy atom. The molecule has 4 aliphatic heterocycles. The summed E-state index contributed by atoms with van der Waals surface area (Å²) in [5.74, 6) is -1.33. The molecule has 1 aliphatic carbocycles. The highest BCUT2D eigenvalue weighted by molar-refractivity contribution is 7.23. The molecule has 2 bridgehead atoms. The number of thiophene rings is 1. The van der Waals surface area contributed by atoms with Crippen LogP contribution in [-0.4, -0.2) is 122 Å². The van der Waals surface area contributed by atoms with Gasteiger partial charge in [-0.1, -0.05) is 20.8 Å². The summed E-state index contributed by atoms with van der Waals surface area (Å²) in [6, 6.07) is 1.46. The van der Waals surface area contributed by atoms with Crippen molar-refractivity contribution in [3.63, 3.8) is 0 Å². The van der Waals surface area contributed by atoms with Crippen molar-refractivity contribution >= 4 is 57.6 Å². The molecule has 3 saturated heterocycles. The first-order valence-electron chi connectivity index (χ1n) is 24.6. The Labute approximate surface area is 390 Å². The zero-order valence-corrected chi connectivity index (χ0v) is 40.6. The van der Waals surface area contributed by atoms with Crippen molar-refractivity contribution in [1.29, 1.82) is 5.26 Å². The molecule has 18 heteroatoms. The van der Waals surface area contributed by atoms with Gasteiger partial charge in [-0.2, -0.15) is 15.2 Å². The summed E-state index contributed by atoms with van der Waals surface area (Å²) in [6.45, 7) is 16.8. The number of anilines is 2. The van der Waals surface area contributed by atoms with Gasteiger partial charge in [0.1, 0.15) is 28.0 Å². The maximum absolute atomic E-state index is 18.2. The lowest BCUT2D eigenvalue weighted by Gasteiger charge is -2.44. The summed E-state index contributed by atoms with van der Waals surface area (Å²) >= 11 is 0.798. The molecule has 4 aromatic rings. The fraction of sp³-hybridized carbons (Fsp3) is 0.638. The van der Waals surface area contributed by atoms with Gasteiger partial charge in [-0.25, -0.2) is 13.6 Å². The summed E-state index contributed by atoms with van der Waals surface area (Å²) in [7, 11) is -2.04. The van der Waals surface area contributed by atoms with Gasteiger partial charge in [0.05, 0.1) is 69.4 Å². The minimum absolute atomic E-state index is 0.00645. The van der Waals surface area contributed by atoms with E-state index in [0.717, 1.165) is 36.9 Å². The summed E-state index contributed by atoms with van der Waals surface area (Å²) in [5.41, 5.74) is -2.03. The van der Waals surface area contributed by atoms with Crippen molar-refractivity contribution < 1.29 is 42.4 Å². The van der Waals surface area contributed by atoms with Crippen molar-refractivity contribution in [2.45, 2.75) is 129 Å². The molecule has 1 saturated carbocycles. The molecule has 350 valence electrons. The van der Waals surface area contributed by atoms with Crippen LogP contribution in [0.2, 0.25) is 18.1 Å². The maximum Gasteiger partial charge on any atom is 0.412 e. The number of carbonyl (C=O) groups is 1. The fourth-order valence-electron chi connectivity index (χ4n) is 9.37. The first-order valence-corrected chi connectivity index (χ1v) is 26.3. The highest BCUT2D eigenvalue weighted by Crippen LogP contribution is 2.50. The molecule has 14 nitrogen and oxygen atoms in total. The average molecular weight is 937 g/mol. The second-order valence-electron chi connectivity index (χ2n) is 20.6. The molecule has 0 spiro atoms. The zero-order chi connectivity index (χ0) is 49.8. The second kappa shape index (κ2) is 17.2. The van der Waals surface area contributed by atoms with Crippen LogP contribution in [0, 0.1) is 28.4 Å². The molecule has 7 heterocycles. The molecular formula is C47H62F2N8O6SSi. The Kier molecular flexibility index (Phi) is 10.9. The normalized spacial score (nSPS) is 23.1. The van der Waals surface area contributed by atoms with Gasteiger partial charge in [0.25, 0.3) is 0 Å². The number of benzene rings is 1. The minimum Gasteiger partial charge on any atom is -0.463 e. The number of hydrogen-bond acceptors (Lipinski definition) is 14. The first kappa shape index (κ1) is 41.1. The first-order chi connectivity index (χ1) is 32.3. The Morgan fingerprint density at radius 1 is 1.06 bits per heavy atom. The molecule has 0 radical (unpaired) electrons. The van der Waals surface area contributed by atoms with E-state index in [4.69, 9.17) is 28.4 Å². The number of nitrogens with one attached hydrogen (secondary N) is 1. The molecular weight excluding hydrogens is 871 g/mol. The van der Waals surface area contributed by atoms with E-state index >= 15 is 8.78 Å². The molecule has 65 heavy (non-hydrogen) atoms. The Hall–Kier alpha value is -4.09. The van der Waals surface area contributed by atoms with E-state index in [-0.39, 0.29) is 99.8 Å². The van der Waals surface area contributed by atoms with E-state index in [9.17, 15) is 15.5 Å². The number of amides is 1. The molecule has 2 unspecified atom stereocenters. The van der Waals surface area contributed by atoms with E-state index < -0.39 is 56.1 Å². The summed E-state index contributed by atoms with van der Waals surface area (Å²) < 4.78 is 101. The number of likely N-dealkylation sites (tertiary alicyclic amines) is 1. The van der Waals surface area contributed by atoms with Gasteiger partial charge >= 0.3 is 12.1 Å². The van der Waals surface area contributed by atoms with Crippen LogP contribution in [0.4, 0.5) is 24.4 Å². The third-order valence-electron chi connectivity index (χ3n) is 13.5. The molecule has 1 N–H and O–H groups in total. The van der Waals surface area contributed by atoms with Crippen LogP contribution in [0.5, 0.6) is 6.01 Å². The summed E-state index contributed by atoms with van der Waals surface area (Å²) in [4.78, 5) is 33.2. The second-order valence-corrected chi connectivity index (χ2v) is 26.4. The molecule has 3 aromatic heterocycles. The topological polar surface area (TPSA) is 147 Å². The molecule has 4 fully saturated rings. The quantitative estimate of drug-likeness (QED) is 0.135. The number of piperazine rings is 1. The average Bonchev–Trinajstić information content (AvgIpc) is 3.73. The van der Waals surface area contributed by atoms with Crippen LogP contribution in [0.15, 0.2) is 6.20 Å². The number of nitrogens with zero attached hydrogens (tertiary/aromatic N) is 7. The third-order valence-corrected chi connectivity index (χ3v) is 19.2. The number of rotatable bonds is 12. The highest BCUT2D eigenvalue weighted by Gasteiger charge is 2.47. The van der Waals surface area contributed by atoms with E-state index in [1.165, 1.54) is 0 Å². The van der Waals surface area contributed by atoms with Crippen molar-refractivity contribution in [3.05, 3.63) is 34.5 Å². The third kappa shape index (κ3) is 9.06. The smallest absolute Gasteiger partial charge is 0.412 e. The van der Waals surface area contributed by atoms with Gasteiger partial charge in [-0.05, 0) is 82.6 Å². The SMILES string of the molecule is [2H]C([2H])(Oc1nc(N2C3CCC2CN(C[C@@H](C)O[Si](C)(C)C(C)(C)C)C3)c2c3c(c(-c4ncc(F)c5sc(NC(=O)OC(C)(C)C)c(C#N)c45)c(F)c2n1)COC3)C1(C([2H])([2H])N2CCOCC2)CC1.